The summed E-state index contributed by atoms with van der Waals surface area (Å²) in [5.41, 5.74) is 2.11. The van der Waals surface area contributed by atoms with Gasteiger partial charge in [-0.1, -0.05) is 29.8 Å². The van der Waals surface area contributed by atoms with E-state index in [0.29, 0.717) is 11.8 Å². The average Bonchev–Trinajstić information content (AvgIpc) is 2.34. The van der Waals surface area contributed by atoms with Crippen LogP contribution in [-0.4, -0.2) is 9.97 Å². The number of hydrogen-bond acceptors (Lipinski definition) is 3. The molecule has 1 aromatic heterocycles. The maximum Gasteiger partial charge on any atom is 0.222 e. The molecule has 0 fully saturated rings. The van der Waals surface area contributed by atoms with Crippen molar-refractivity contribution in [3.05, 3.63) is 46.3 Å². The highest BCUT2D eigenvalue weighted by Gasteiger charge is 2.05. The molecule has 4 heteroatoms. The van der Waals surface area contributed by atoms with Crippen molar-refractivity contribution >= 4 is 15.9 Å². The van der Waals surface area contributed by atoms with Crippen LogP contribution in [0, 0.1) is 6.92 Å². The lowest BCUT2D eigenvalue weighted by atomic mass is 10.1. The summed E-state index contributed by atoms with van der Waals surface area (Å²) in [5.74, 6) is 1.72. The fraction of sp³-hybridized carbons (Fsp3) is 0.286. The van der Waals surface area contributed by atoms with E-state index in [1.165, 1.54) is 6.33 Å². The molecular weight excluding hydrogens is 292 g/mol. The van der Waals surface area contributed by atoms with E-state index in [2.05, 4.69) is 39.7 Å². The molecule has 0 bridgehead atoms. The summed E-state index contributed by atoms with van der Waals surface area (Å²) < 4.78 is 6.80. The van der Waals surface area contributed by atoms with Gasteiger partial charge in [0.2, 0.25) is 5.88 Å². The zero-order valence-corrected chi connectivity index (χ0v) is 12.2. The van der Waals surface area contributed by atoms with Crippen LogP contribution in [0.2, 0.25) is 0 Å². The monoisotopic (exact) mass is 306 g/mol. The molecule has 3 nitrogen and oxygen atoms in total. The van der Waals surface area contributed by atoms with E-state index in [0.717, 1.165) is 21.5 Å². The van der Waals surface area contributed by atoms with Gasteiger partial charge in [-0.3, -0.25) is 0 Å². The number of halogens is 1. The molecule has 0 amide bonds. The van der Waals surface area contributed by atoms with Crippen LogP contribution in [-0.2, 0) is 0 Å². The zero-order chi connectivity index (χ0) is 13.1. The van der Waals surface area contributed by atoms with Gasteiger partial charge in [-0.05, 0) is 36.6 Å². The molecule has 1 heterocycles. The van der Waals surface area contributed by atoms with Gasteiger partial charge in [-0.15, -0.1) is 0 Å². The Morgan fingerprint density at radius 3 is 2.61 bits per heavy atom. The van der Waals surface area contributed by atoms with Crippen molar-refractivity contribution < 1.29 is 4.74 Å². The van der Waals surface area contributed by atoms with Crippen LogP contribution in [0.5, 0.6) is 11.6 Å². The van der Waals surface area contributed by atoms with Crippen LogP contribution in [0.25, 0.3) is 0 Å². The highest BCUT2D eigenvalue weighted by atomic mass is 79.9. The molecule has 0 saturated heterocycles. The second kappa shape index (κ2) is 5.48. The first-order valence-corrected chi connectivity index (χ1v) is 6.61. The molecule has 2 aromatic rings. The fourth-order valence-electron chi connectivity index (χ4n) is 1.53. The van der Waals surface area contributed by atoms with Crippen LogP contribution < -0.4 is 4.74 Å². The van der Waals surface area contributed by atoms with Crippen molar-refractivity contribution in [2.24, 2.45) is 0 Å². The average molecular weight is 307 g/mol. The molecule has 1 aromatic carbocycles. The van der Waals surface area contributed by atoms with Gasteiger partial charge in [0, 0.05) is 10.5 Å². The van der Waals surface area contributed by atoms with Gasteiger partial charge < -0.3 is 4.74 Å². The van der Waals surface area contributed by atoms with Gasteiger partial charge in [0.15, 0.2) is 0 Å². The molecule has 0 aliphatic heterocycles. The fourth-order valence-corrected chi connectivity index (χ4v) is 1.77. The summed E-state index contributed by atoms with van der Waals surface area (Å²) in [6.07, 6.45) is 1.54. The third-order valence-corrected chi connectivity index (χ3v) is 3.50. The molecule has 0 spiro atoms. The first-order chi connectivity index (χ1) is 8.56. The molecular formula is C14H15BrN2O. The van der Waals surface area contributed by atoms with Crippen molar-refractivity contribution in [2.45, 2.75) is 26.7 Å². The molecule has 18 heavy (non-hydrogen) atoms. The largest absolute Gasteiger partial charge is 0.439 e. The predicted octanol–water partition coefficient (Wildman–Crippen LogP) is 4.46. The third-order valence-electron chi connectivity index (χ3n) is 2.61. The Balaban J connectivity index is 2.23. The molecule has 0 aliphatic rings. The van der Waals surface area contributed by atoms with E-state index < -0.39 is 0 Å². The van der Waals surface area contributed by atoms with E-state index in [9.17, 15) is 0 Å². The van der Waals surface area contributed by atoms with Crippen LogP contribution in [0.15, 0.2) is 35.1 Å². The Labute approximate surface area is 115 Å². The minimum absolute atomic E-state index is 0.363. The summed E-state index contributed by atoms with van der Waals surface area (Å²) in [4.78, 5) is 8.34. The Bertz CT molecular complexity index is 555. The Morgan fingerprint density at radius 2 is 1.94 bits per heavy atom. The third kappa shape index (κ3) is 3.07. The number of benzene rings is 1. The normalized spacial score (nSPS) is 10.7. The molecule has 0 radical (unpaired) electrons. The van der Waals surface area contributed by atoms with Gasteiger partial charge >= 0.3 is 0 Å². The van der Waals surface area contributed by atoms with Crippen LogP contribution in [0.4, 0.5) is 0 Å². The van der Waals surface area contributed by atoms with Crippen molar-refractivity contribution in [3.8, 4) is 11.6 Å². The Hall–Kier alpha value is -1.42. The first-order valence-electron chi connectivity index (χ1n) is 5.82. The number of nitrogens with zero attached hydrogens (tertiary/aromatic N) is 2. The molecule has 94 valence electrons. The molecule has 2 rings (SSSR count). The summed E-state index contributed by atoms with van der Waals surface area (Å²) in [6, 6.07) is 7.73. The van der Waals surface area contributed by atoms with Gasteiger partial charge in [0.1, 0.15) is 12.1 Å². The maximum absolute atomic E-state index is 5.73. The summed E-state index contributed by atoms with van der Waals surface area (Å²) in [6.45, 7) is 6.21. The van der Waals surface area contributed by atoms with Crippen LogP contribution in [0.1, 0.15) is 31.0 Å². The van der Waals surface area contributed by atoms with E-state index in [1.807, 2.05) is 31.2 Å². The smallest absolute Gasteiger partial charge is 0.222 e. The second-order valence-electron chi connectivity index (χ2n) is 4.45. The lowest BCUT2D eigenvalue weighted by Gasteiger charge is -2.08. The Morgan fingerprint density at radius 1 is 1.17 bits per heavy atom. The van der Waals surface area contributed by atoms with E-state index in [-0.39, 0.29) is 0 Å². The number of aryl methyl sites for hydroxylation is 1. The minimum atomic E-state index is 0.363. The quantitative estimate of drug-likeness (QED) is 0.839. The minimum Gasteiger partial charge on any atom is -0.439 e. The van der Waals surface area contributed by atoms with Crippen LogP contribution in [0.3, 0.4) is 0 Å². The van der Waals surface area contributed by atoms with Gasteiger partial charge in [0.05, 0.1) is 5.69 Å². The van der Waals surface area contributed by atoms with E-state index in [4.69, 9.17) is 4.74 Å². The summed E-state index contributed by atoms with van der Waals surface area (Å²) in [7, 11) is 0. The lowest BCUT2D eigenvalue weighted by molar-refractivity contribution is 0.459. The van der Waals surface area contributed by atoms with Crippen molar-refractivity contribution in [3.63, 3.8) is 0 Å². The maximum atomic E-state index is 5.73. The highest BCUT2D eigenvalue weighted by Crippen LogP contribution is 2.26. The van der Waals surface area contributed by atoms with E-state index >= 15 is 0 Å². The van der Waals surface area contributed by atoms with Crippen LogP contribution >= 0.6 is 15.9 Å². The van der Waals surface area contributed by atoms with Gasteiger partial charge in [-0.2, -0.15) is 0 Å². The number of ether oxygens (including phenoxy) is 1. The molecule has 0 saturated carbocycles. The molecule has 0 aliphatic carbocycles. The lowest BCUT2D eigenvalue weighted by Crippen LogP contribution is -1.96. The number of rotatable bonds is 3. The number of aromatic nitrogens is 2. The van der Waals surface area contributed by atoms with Crippen molar-refractivity contribution in [2.75, 3.05) is 0 Å². The molecule has 0 atom stereocenters. The second-order valence-corrected chi connectivity index (χ2v) is 5.30. The predicted molar refractivity (Wildman–Crippen MR) is 75.1 cm³/mol. The zero-order valence-electron chi connectivity index (χ0n) is 10.6. The van der Waals surface area contributed by atoms with Crippen molar-refractivity contribution in [1.82, 2.24) is 9.97 Å². The summed E-state index contributed by atoms with van der Waals surface area (Å²) in [5, 5.41) is 0. The van der Waals surface area contributed by atoms with Crippen molar-refractivity contribution in [1.29, 1.82) is 0 Å². The van der Waals surface area contributed by atoms with E-state index in [1.54, 1.807) is 0 Å². The number of hydrogen-bond donors (Lipinski definition) is 0. The highest BCUT2D eigenvalue weighted by molar-refractivity contribution is 9.10. The van der Waals surface area contributed by atoms with Gasteiger partial charge in [0.25, 0.3) is 0 Å². The topological polar surface area (TPSA) is 35.0 Å². The summed E-state index contributed by atoms with van der Waals surface area (Å²) >= 11 is 3.46. The molecule has 0 unspecified atom stereocenters. The first kappa shape index (κ1) is 13.0. The standard InChI is InChI=1S/C14H15BrN2O/c1-9(2)13-7-14(17-8-16-13)18-11-4-5-12(15)10(3)6-11/h4-9H,1-3H3. The Kier molecular flexibility index (Phi) is 3.97. The van der Waals surface area contributed by atoms with Gasteiger partial charge in [-0.25, -0.2) is 9.97 Å². The molecule has 0 N–H and O–H groups in total. The SMILES string of the molecule is Cc1cc(Oc2cc(C(C)C)ncn2)ccc1Br.